The molecule has 1 aromatic heterocycles. The Morgan fingerprint density at radius 1 is 1.44 bits per heavy atom. The Hall–Kier alpha value is -1.49. The van der Waals surface area contributed by atoms with Crippen LogP contribution in [0, 0.1) is 5.92 Å². The smallest absolute Gasteiger partial charge is 0.215 e. The Labute approximate surface area is 94.2 Å². The van der Waals surface area contributed by atoms with Gasteiger partial charge in [-0.25, -0.2) is 0 Å². The summed E-state index contributed by atoms with van der Waals surface area (Å²) in [7, 11) is 1.63. The molecule has 5 nitrogen and oxygen atoms in total. The standard InChI is InChI=1S/C11H15N3O2/c1-15-10-3-2-8-11(14-10)13-9-6-16-5-7(9)4-12-8/h2-3,7,9,12H,4-6H2,1H3,(H,13,14). The van der Waals surface area contributed by atoms with Crippen molar-refractivity contribution in [1.29, 1.82) is 0 Å². The topological polar surface area (TPSA) is 55.4 Å². The Kier molecular flexibility index (Phi) is 2.32. The molecule has 86 valence electrons. The second-order valence-electron chi connectivity index (χ2n) is 4.18. The third kappa shape index (κ3) is 1.57. The molecule has 0 aromatic carbocycles. The summed E-state index contributed by atoms with van der Waals surface area (Å²) in [5, 5.41) is 6.80. The molecule has 3 heterocycles. The summed E-state index contributed by atoms with van der Waals surface area (Å²) in [5.41, 5.74) is 1.04. The summed E-state index contributed by atoms with van der Waals surface area (Å²) < 4.78 is 10.6. The molecule has 0 amide bonds. The minimum atomic E-state index is 0.355. The van der Waals surface area contributed by atoms with Crippen LogP contribution in [0.4, 0.5) is 11.5 Å². The van der Waals surface area contributed by atoms with Crippen LogP contribution in [0.1, 0.15) is 0 Å². The Morgan fingerprint density at radius 2 is 2.38 bits per heavy atom. The van der Waals surface area contributed by atoms with Crippen molar-refractivity contribution >= 4 is 11.5 Å². The summed E-state index contributed by atoms with van der Waals surface area (Å²) in [4.78, 5) is 4.40. The molecule has 2 aliphatic heterocycles. The van der Waals surface area contributed by atoms with E-state index in [1.54, 1.807) is 7.11 Å². The molecule has 1 fully saturated rings. The van der Waals surface area contributed by atoms with Crippen LogP contribution in [0.5, 0.6) is 5.88 Å². The van der Waals surface area contributed by atoms with Crippen LogP contribution in [0.2, 0.25) is 0 Å². The molecule has 0 spiro atoms. The first-order valence-electron chi connectivity index (χ1n) is 5.50. The van der Waals surface area contributed by atoms with Crippen molar-refractivity contribution in [2.24, 2.45) is 5.92 Å². The minimum Gasteiger partial charge on any atom is -0.481 e. The molecule has 2 N–H and O–H groups in total. The third-order valence-corrected chi connectivity index (χ3v) is 3.15. The number of fused-ring (bicyclic) bond motifs is 2. The first-order valence-corrected chi connectivity index (χ1v) is 5.50. The fourth-order valence-corrected chi connectivity index (χ4v) is 2.18. The van der Waals surface area contributed by atoms with E-state index in [-0.39, 0.29) is 0 Å². The number of ether oxygens (including phenoxy) is 2. The van der Waals surface area contributed by atoms with Crippen LogP contribution in [0.15, 0.2) is 12.1 Å². The number of nitrogens with zero attached hydrogens (tertiary/aromatic N) is 1. The average molecular weight is 221 g/mol. The molecular formula is C11H15N3O2. The molecule has 0 bridgehead atoms. The predicted molar refractivity (Wildman–Crippen MR) is 61.0 cm³/mol. The van der Waals surface area contributed by atoms with Gasteiger partial charge in [0.2, 0.25) is 5.88 Å². The van der Waals surface area contributed by atoms with Crippen molar-refractivity contribution in [1.82, 2.24) is 4.98 Å². The number of rotatable bonds is 1. The van der Waals surface area contributed by atoms with Gasteiger partial charge in [0.25, 0.3) is 0 Å². The van der Waals surface area contributed by atoms with Gasteiger partial charge < -0.3 is 20.1 Å². The molecule has 2 unspecified atom stereocenters. The summed E-state index contributed by atoms with van der Waals surface area (Å²) in [6.07, 6.45) is 0. The highest BCUT2D eigenvalue weighted by atomic mass is 16.5. The van der Waals surface area contributed by atoms with Crippen LogP contribution < -0.4 is 15.4 Å². The van der Waals surface area contributed by atoms with E-state index in [1.165, 1.54) is 0 Å². The average Bonchev–Trinajstić information content (AvgIpc) is 2.68. The second-order valence-corrected chi connectivity index (χ2v) is 4.18. The van der Waals surface area contributed by atoms with Gasteiger partial charge in [-0.1, -0.05) is 0 Å². The van der Waals surface area contributed by atoms with Gasteiger partial charge in [-0.15, -0.1) is 0 Å². The maximum atomic E-state index is 5.46. The summed E-state index contributed by atoms with van der Waals surface area (Å²) in [6, 6.07) is 4.22. The summed E-state index contributed by atoms with van der Waals surface area (Å²) in [6.45, 7) is 2.50. The van der Waals surface area contributed by atoms with Gasteiger partial charge >= 0.3 is 0 Å². The number of hydrogen-bond acceptors (Lipinski definition) is 5. The first-order chi connectivity index (χ1) is 7.86. The Balaban J connectivity index is 1.91. The molecule has 16 heavy (non-hydrogen) atoms. The van der Waals surface area contributed by atoms with Crippen molar-refractivity contribution in [2.45, 2.75) is 6.04 Å². The van der Waals surface area contributed by atoms with Gasteiger partial charge in [-0.05, 0) is 6.07 Å². The zero-order valence-electron chi connectivity index (χ0n) is 9.19. The lowest BCUT2D eigenvalue weighted by Gasteiger charge is -2.14. The quantitative estimate of drug-likeness (QED) is 0.739. The molecule has 0 radical (unpaired) electrons. The fraction of sp³-hybridized carbons (Fsp3) is 0.545. The Bertz CT molecular complexity index is 397. The predicted octanol–water partition coefficient (Wildman–Crippen LogP) is 0.943. The fourth-order valence-electron chi connectivity index (χ4n) is 2.18. The van der Waals surface area contributed by atoms with Crippen LogP contribution in [-0.2, 0) is 4.74 Å². The third-order valence-electron chi connectivity index (χ3n) is 3.15. The van der Waals surface area contributed by atoms with Crippen LogP contribution >= 0.6 is 0 Å². The number of aromatic nitrogens is 1. The van der Waals surface area contributed by atoms with Crippen molar-refractivity contribution in [3.05, 3.63) is 12.1 Å². The van der Waals surface area contributed by atoms with Gasteiger partial charge in [0, 0.05) is 18.5 Å². The van der Waals surface area contributed by atoms with Crippen LogP contribution in [0.3, 0.4) is 0 Å². The highest BCUT2D eigenvalue weighted by Gasteiger charge is 2.31. The van der Waals surface area contributed by atoms with Gasteiger partial charge in [-0.3, -0.25) is 0 Å². The highest BCUT2D eigenvalue weighted by Crippen LogP contribution is 2.29. The van der Waals surface area contributed by atoms with Crippen molar-refractivity contribution < 1.29 is 9.47 Å². The maximum absolute atomic E-state index is 5.46. The molecule has 5 heteroatoms. The largest absolute Gasteiger partial charge is 0.481 e. The number of pyridine rings is 1. The SMILES string of the molecule is COc1ccc2c(n1)NC1COCC1CN2. The van der Waals surface area contributed by atoms with E-state index < -0.39 is 0 Å². The van der Waals surface area contributed by atoms with E-state index in [4.69, 9.17) is 9.47 Å². The van der Waals surface area contributed by atoms with Crippen molar-refractivity contribution in [3.8, 4) is 5.88 Å². The molecule has 2 aliphatic rings. The molecule has 3 rings (SSSR count). The van der Waals surface area contributed by atoms with Crippen LogP contribution in [0.25, 0.3) is 0 Å². The summed E-state index contributed by atoms with van der Waals surface area (Å²) >= 11 is 0. The Morgan fingerprint density at radius 3 is 3.25 bits per heavy atom. The van der Waals surface area contributed by atoms with E-state index in [0.717, 1.165) is 31.3 Å². The van der Waals surface area contributed by atoms with Crippen LogP contribution in [-0.4, -0.2) is 37.9 Å². The van der Waals surface area contributed by atoms with E-state index in [2.05, 4.69) is 15.6 Å². The summed E-state index contributed by atoms with van der Waals surface area (Å²) in [5.74, 6) is 2.00. The lowest BCUT2D eigenvalue weighted by molar-refractivity contribution is 0.186. The maximum Gasteiger partial charge on any atom is 0.215 e. The van der Waals surface area contributed by atoms with Gasteiger partial charge in [0.15, 0.2) is 5.82 Å². The molecule has 0 aliphatic carbocycles. The zero-order chi connectivity index (χ0) is 11.0. The number of methoxy groups -OCH3 is 1. The normalized spacial score (nSPS) is 27.1. The molecule has 2 atom stereocenters. The molecule has 0 saturated carbocycles. The number of hydrogen-bond donors (Lipinski definition) is 2. The van der Waals surface area contributed by atoms with E-state index >= 15 is 0 Å². The zero-order valence-corrected chi connectivity index (χ0v) is 9.19. The van der Waals surface area contributed by atoms with E-state index in [9.17, 15) is 0 Å². The minimum absolute atomic E-state index is 0.355. The van der Waals surface area contributed by atoms with Gasteiger partial charge in [0.1, 0.15) is 0 Å². The highest BCUT2D eigenvalue weighted by molar-refractivity contribution is 5.66. The van der Waals surface area contributed by atoms with Crippen molar-refractivity contribution in [3.63, 3.8) is 0 Å². The second kappa shape index (κ2) is 3.83. The number of anilines is 2. The lowest BCUT2D eigenvalue weighted by atomic mass is 10.1. The van der Waals surface area contributed by atoms with Crippen molar-refractivity contribution in [2.75, 3.05) is 37.5 Å². The monoisotopic (exact) mass is 221 g/mol. The number of nitrogens with one attached hydrogen (secondary N) is 2. The molecule has 1 saturated heterocycles. The first kappa shape index (κ1) is 9.72. The molecule has 1 aromatic rings. The van der Waals surface area contributed by atoms with E-state index in [0.29, 0.717) is 17.8 Å². The lowest BCUT2D eigenvalue weighted by Crippen LogP contribution is -2.29. The van der Waals surface area contributed by atoms with E-state index in [1.807, 2.05) is 12.1 Å². The molecular weight excluding hydrogens is 206 g/mol. The van der Waals surface area contributed by atoms with Gasteiger partial charge in [0.05, 0.1) is 32.1 Å². The van der Waals surface area contributed by atoms with Gasteiger partial charge in [-0.2, -0.15) is 4.98 Å².